The normalized spacial score (nSPS) is 21.9. The number of anilines is 1. The molecule has 1 aromatic carbocycles. The molecule has 2 atom stereocenters. The van der Waals surface area contributed by atoms with Gasteiger partial charge >= 0.3 is 5.69 Å². The number of hydrogen-bond donors (Lipinski definition) is 1. The minimum atomic E-state index is -0.980. The van der Waals surface area contributed by atoms with Crippen LogP contribution < -0.4 is 15.3 Å². The topological polar surface area (TPSA) is 110 Å². The van der Waals surface area contributed by atoms with E-state index < -0.39 is 51.8 Å². The summed E-state index contributed by atoms with van der Waals surface area (Å²) in [6, 6.07) is 2.78. The Hall–Kier alpha value is -4.06. The number of benzene rings is 1. The van der Waals surface area contributed by atoms with Gasteiger partial charge in [-0.3, -0.25) is 9.36 Å². The van der Waals surface area contributed by atoms with Crippen molar-refractivity contribution < 1.29 is 28.2 Å². The molecule has 3 aliphatic rings. The maximum absolute atomic E-state index is 16.3. The first-order valence-electron chi connectivity index (χ1n) is 13.1. The molecule has 0 unspecified atom stereocenters. The zero-order valence-corrected chi connectivity index (χ0v) is 22.2. The fourth-order valence-corrected chi connectivity index (χ4v) is 6.01. The Bertz CT molecular complexity index is 1590. The molecule has 10 nitrogen and oxygen atoms in total. The summed E-state index contributed by atoms with van der Waals surface area (Å²) in [6.07, 6.45) is 1.70. The minimum Gasteiger partial charge on any atom is -0.507 e. The summed E-state index contributed by atoms with van der Waals surface area (Å²) in [5.41, 5.74) is -1.93. The van der Waals surface area contributed by atoms with Gasteiger partial charge in [0, 0.05) is 37.7 Å². The number of aromatic hydroxyl groups is 1. The average molecular weight is 554 g/mol. The third-order valence-corrected chi connectivity index (χ3v) is 8.05. The van der Waals surface area contributed by atoms with Gasteiger partial charge in [-0.15, -0.1) is 0 Å². The van der Waals surface area contributed by atoms with E-state index in [1.54, 1.807) is 4.90 Å². The number of phenolic OH excluding ortho intramolecular Hbond substituents is 1. The molecule has 0 bridgehead atoms. The van der Waals surface area contributed by atoms with Gasteiger partial charge in [0.25, 0.3) is 0 Å². The molecule has 3 aromatic rings. The second-order valence-electron chi connectivity index (χ2n) is 11.0. The molecule has 40 heavy (non-hydrogen) atoms. The van der Waals surface area contributed by atoms with E-state index in [1.165, 1.54) is 22.8 Å². The molecule has 3 aliphatic heterocycles. The number of halogens is 2. The van der Waals surface area contributed by atoms with Crippen LogP contribution in [0.25, 0.3) is 22.3 Å². The second-order valence-corrected chi connectivity index (χ2v) is 11.0. The number of amides is 1. The van der Waals surface area contributed by atoms with Gasteiger partial charge in [0.1, 0.15) is 35.1 Å². The number of pyridine rings is 1. The lowest BCUT2D eigenvalue weighted by Crippen LogP contribution is -2.57. The molecule has 0 radical (unpaired) electrons. The maximum Gasteiger partial charge on any atom is 0.351 e. The summed E-state index contributed by atoms with van der Waals surface area (Å²) in [5, 5.41) is 10.7. The van der Waals surface area contributed by atoms with Crippen LogP contribution in [0.1, 0.15) is 26.3 Å². The average Bonchev–Trinajstić information content (AvgIpc) is 3.08. The number of carbonyl (C=O) groups is 1. The number of carbonyl (C=O) groups excluding carboxylic acids is 1. The van der Waals surface area contributed by atoms with E-state index in [0.717, 1.165) is 6.07 Å². The third kappa shape index (κ3) is 4.00. The summed E-state index contributed by atoms with van der Waals surface area (Å²) in [4.78, 5) is 38.6. The van der Waals surface area contributed by atoms with Gasteiger partial charge in [0.05, 0.1) is 18.2 Å². The fourth-order valence-electron chi connectivity index (χ4n) is 6.01. The van der Waals surface area contributed by atoms with E-state index >= 15 is 8.78 Å². The highest BCUT2D eigenvalue weighted by atomic mass is 19.1. The summed E-state index contributed by atoms with van der Waals surface area (Å²) in [6.45, 7) is 9.11. The largest absolute Gasteiger partial charge is 0.507 e. The summed E-state index contributed by atoms with van der Waals surface area (Å²) < 4.78 is 44.5. The monoisotopic (exact) mass is 553 g/mol. The zero-order valence-electron chi connectivity index (χ0n) is 22.2. The highest BCUT2D eigenvalue weighted by Gasteiger charge is 2.41. The molecule has 1 N–H and O–H groups in total. The molecule has 2 aromatic heterocycles. The third-order valence-electron chi connectivity index (χ3n) is 8.05. The summed E-state index contributed by atoms with van der Waals surface area (Å²) in [5.74, 6) is -2.65. The van der Waals surface area contributed by atoms with Crippen LogP contribution >= 0.6 is 0 Å². The van der Waals surface area contributed by atoms with Crippen LogP contribution in [0.5, 0.6) is 11.5 Å². The van der Waals surface area contributed by atoms with Crippen molar-refractivity contribution in [3.8, 4) is 22.8 Å². The van der Waals surface area contributed by atoms with E-state index in [0.29, 0.717) is 32.7 Å². The maximum atomic E-state index is 16.3. The molecule has 0 saturated carbocycles. The van der Waals surface area contributed by atoms with Gasteiger partial charge in [-0.2, -0.15) is 4.98 Å². The van der Waals surface area contributed by atoms with Crippen LogP contribution in [0.2, 0.25) is 0 Å². The van der Waals surface area contributed by atoms with E-state index in [9.17, 15) is 14.7 Å². The molecule has 12 heteroatoms. The van der Waals surface area contributed by atoms with E-state index in [4.69, 9.17) is 9.47 Å². The van der Waals surface area contributed by atoms with Gasteiger partial charge in [-0.1, -0.05) is 26.5 Å². The molecule has 2 fully saturated rings. The number of fused-ring (bicyclic) bond motifs is 2. The molecule has 6 rings (SSSR count). The van der Waals surface area contributed by atoms with Crippen molar-refractivity contribution >= 4 is 22.8 Å². The van der Waals surface area contributed by atoms with Gasteiger partial charge in [0.15, 0.2) is 17.2 Å². The van der Waals surface area contributed by atoms with Crippen molar-refractivity contribution in [2.75, 3.05) is 44.4 Å². The minimum absolute atomic E-state index is 0.0348. The predicted octanol–water partition coefficient (Wildman–Crippen LogP) is 3.03. The first-order chi connectivity index (χ1) is 19.1. The number of rotatable bonds is 3. The van der Waals surface area contributed by atoms with Gasteiger partial charge in [-0.25, -0.2) is 18.6 Å². The van der Waals surface area contributed by atoms with E-state index in [1.807, 2.05) is 18.7 Å². The van der Waals surface area contributed by atoms with E-state index in [2.05, 4.69) is 16.5 Å². The first kappa shape index (κ1) is 26.2. The number of phenols is 1. The first-order valence-corrected chi connectivity index (χ1v) is 13.1. The summed E-state index contributed by atoms with van der Waals surface area (Å²) in [7, 11) is 0. The molecule has 2 saturated heterocycles. The van der Waals surface area contributed by atoms with Crippen molar-refractivity contribution in [1.29, 1.82) is 0 Å². The highest BCUT2D eigenvalue weighted by Crippen LogP contribution is 2.45. The number of ether oxygens (including phenoxy) is 2. The lowest BCUT2D eigenvalue weighted by atomic mass is 9.81. The van der Waals surface area contributed by atoms with Gasteiger partial charge in [-0.05, 0) is 24.6 Å². The number of piperazine rings is 1. The van der Waals surface area contributed by atoms with Crippen molar-refractivity contribution in [3.05, 3.63) is 53.0 Å². The molecular weight excluding hydrogens is 524 g/mol. The van der Waals surface area contributed by atoms with Gasteiger partial charge in [0.2, 0.25) is 5.91 Å². The van der Waals surface area contributed by atoms with Crippen LogP contribution in [0.15, 0.2) is 35.6 Å². The Balaban J connectivity index is 1.65. The fraction of sp³-hybridized carbons (Fsp3) is 0.429. The molecule has 0 spiro atoms. The molecule has 5 heterocycles. The molecule has 0 aliphatic carbocycles. The number of nitrogens with zero attached hydrogens (tertiary/aromatic N) is 5. The predicted molar refractivity (Wildman–Crippen MR) is 142 cm³/mol. The Morgan fingerprint density at radius 2 is 2.05 bits per heavy atom. The van der Waals surface area contributed by atoms with Crippen molar-refractivity contribution in [3.63, 3.8) is 0 Å². The van der Waals surface area contributed by atoms with Crippen molar-refractivity contribution in [1.82, 2.24) is 19.4 Å². The van der Waals surface area contributed by atoms with Crippen molar-refractivity contribution in [2.45, 2.75) is 32.4 Å². The van der Waals surface area contributed by atoms with Crippen molar-refractivity contribution in [2.24, 2.45) is 5.41 Å². The standard InChI is InChI=1S/C28H29F2N5O5/c1-4-19(37)33-9-10-34-15(12-33)13-40-24-21-25(34)32-27(38)35(18-8-11-39-14-28(18,2)3)26(21)31-23(22(24)30)20-16(29)6-5-7-17(20)36/h4-7,15,18,36H,1,8-14H2,2-3H3/t15-,18+/m1/s1. The van der Waals surface area contributed by atoms with Crippen LogP contribution in [-0.2, 0) is 9.53 Å². The number of hydrogen-bond acceptors (Lipinski definition) is 8. The number of aromatic nitrogens is 3. The Kier molecular flexibility index (Phi) is 6.25. The lowest BCUT2D eigenvalue weighted by Gasteiger charge is -2.41. The van der Waals surface area contributed by atoms with Gasteiger partial charge < -0.3 is 24.4 Å². The van der Waals surface area contributed by atoms with Crippen LogP contribution in [0.3, 0.4) is 0 Å². The zero-order chi connectivity index (χ0) is 28.3. The smallest absolute Gasteiger partial charge is 0.351 e. The molecule has 1 amide bonds. The quantitative estimate of drug-likeness (QED) is 0.493. The Labute approximate surface area is 228 Å². The Morgan fingerprint density at radius 3 is 2.77 bits per heavy atom. The second kappa shape index (κ2) is 9.54. The molecule has 210 valence electrons. The van der Waals surface area contributed by atoms with Crippen LogP contribution in [0, 0.1) is 17.0 Å². The summed E-state index contributed by atoms with van der Waals surface area (Å²) >= 11 is 0. The molecular formula is C28H29F2N5O5. The lowest BCUT2D eigenvalue weighted by molar-refractivity contribution is -0.126. The van der Waals surface area contributed by atoms with Crippen LogP contribution in [-0.4, -0.2) is 75.9 Å². The van der Waals surface area contributed by atoms with Crippen LogP contribution in [0.4, 0.5) is 14.6 Å². The highest BCUT2D eigenvalue weighted by molar-refractivity contribution is 5.96. The van der Waals surface area contributed by atoms with E-state index in [-0.39, 0.29) is 41.7 Å². The SMILES string of the molecule is C=CC(=O)N1CCN2c3nc(=O)n([C@H]4CCOCC4(C)C)c4nc(-c5c(O)cccc5F)c(F)c(c34)OC[C@H]2C1. The Morgan fingerprint density at radius 1 is 1.25 bits per heavy atom.